The van der Waals surface area contributed by atoms with Crippen LogP contribution in [0.15, 0.2) is 21.5 Å². The topological polar surface area (TPSA) is 66.4 Å². The van der Waals surface area contributed by atoms with Gasteiger partial charge in [0.2, 0.25) is 10.0 Å². The first-order valence-electron chi connectivity index (χ1n) is 5.40. The average molecular weight is 357 g/mol. The molecular formula is C11H15BrClNO3S. The molecule has 0 spiro atoms. The molecule has 1 unspecified atom stereocenters. The van der Waals surface area contributed by atoms with Crippen LogP contribution in [0.3, 0.4) is 0 Å². The van der Waals surface area contributed by atoms with Crippen molar-refractivity contribution in [1.82, 2.24) is 4.72 Å². The lowest BCUT2D eigenvalue weighted by Gasteiger charge is -2.15. The standard InChI is InChI=1S/C11H15BrClNO3S/c1-3-8(6-15)14-18(16,17)11-5-10(13)7(2)4-9(11)12/h4-5,8,14-15H,3,6H2,1-2H3. The summed E-state index contributed by atoms with van der Waals surface area (Å²) in [7, 11) is -3.69. The molecule has 0 amide bonds. The molecule has 0 aliphatic heterocycles. The molecule has 0 fully saturated rings. The molecule has 0 aliphatic rings. The number of nitrogens with one attached hydrogen (secondary N) is 1. The van der Waals surface area contributed by atoms with Gasteiger partial charge in [0.25, 0.3) is 0 Å². The maximum absolute atomic E-state index is 12.1. The van der Waals surface area contributed by atoms with E-state index < -0.39 is 16.1 Å². The van der Waals surface area contributed by atoms with Crippen molar-refractivity contribution in [1.29, 1.82) is 0 Å². The van der Waals surface area contributed by atoms with Gasteiger partial charge in [0.15, 0.2) is 0 Å². The summed E-state index contributed by atoms with van der Waals surface area (Å²) in [5.74, 6) is 0. The number of hydrogen-bond acceptors (Lipinski definition) is 3. The first kappa shape index (κ1) is 15.9. The molecular weight excluding hydrogens is 342 g/mol. The van der Waals surface area contributed by atoms with Crippen molar-refractivity contribution in [2.45, 2.75) is 31.2 Å². The lowest BCUT2D eigenvalue weighted by Crippen LogP contribution is -2.37. The summed E-state index contributed by atoms with van der Waals surface area (Å²) >= 11 is 9.14. The van der Waals surface area contributed by atoms with Crippen molar-refractivity contribution in [3.63, 3.8) is 0 Å². The molecule has 102 valence electrons. The number of aliphatic hydroxyl groups excluding tert-OH is 1. The zero-order valence-electron chi connectivity index (χ0n) is 10.1. The number of sulfonamides is 1. The Hall–Kier alpha value is -0.140. The summed E-state index contributed by atoms with van der Waals surface area (Å²) in [5.41, 5.74) is 0.789. The van der Waals surface area contributed by atoms with Crippen LogP contribution in [0.25, 0.3) is 0 Å². The zero-order chi connectivity index (χ0) is 13.9. The Morgan fingerprint density at radius 3 is 2.61 bits per heavy atom. The van der Waals surface area contributed by atoms with E-state index in [1.54, 1.807) is 19.9 Å². The summed E-state index contributed by atoms with van der Waals surface area (Å²) in [6.07, 6.45) is 0.507. The van der Waals surface area contributed by atoms with Gasteiger partial charge in [-0.15, -0.1) is 0 Å². The van der Waals surface area contributed by atoms with E-state index in [4.69, 9.17) is 16.7 Å². The average Bonchev–Trinajstić information content (AvgIpc) is 2.30. The van der Waals surface area contributed by atoms with Gasteiger partial charge in [-0.05, 0) is 47.0 Å². The van der Waals surface area contributed by atoms with Crippen molar-refractivity contribution in [2.24, 2.45) is 0 Å². The SMILES string of the molecule is CCC(CO)NS(=O)(=O)c1cc(Cl)c(C)cc1Br. The minimum atomic E-state index is -3.69. The van der Waals surface area contributed by atoms with Gasteiger partial charge in [-0.1, -0.05) is 18.5 Å². The van der Waals surface area contributed by atoms with Gasteiger partial charge in [-0.3, -0.25) is 0 Å². The van der Waals surface area contributed by atoms with Gasteiger partial charge in [-0.2, -0.15) is 0 Å². The van der Waals surface area contributed by atoms with Crippen molar-refractivity contribution in [3.05, 3.63) is 27.2 Å². The number of halogens is 2. The molecule has 18 heavy (non-hydrogen) atoms. The van der Waals surface area contributed by atoms with Gasteiger partial charge < -0.3 is 5.11 Å². The van der Waals surface area contributed by atoms with Gasteiger partial charge in [-0.25, -0.2) is 13.1 Å². The zero-order valence-corrected chi connectivity index (χ0v) is 13.2. The fraction of sp³-hybridized carbons (Fsp3) is 0.455. The van der Waals surface area contributed by atoms with Crippen LogP contribution >= 0.6 is 27.5 Å². The van der Waals surface area contributed by atoms with Gasteiger partial charge in [0.05, 0.1) is 11.5 Å². The minimum absolute atomic E-state index is 0.0741. The highest BCUT2D eigenvalue weighted by atomic mass is 79.9. The second-order valence-corrected chi connectivity index (χ2v) is 6.88. The van der Waals surface area contributed by atoms with E-state index in [0.717, 1.165) is 5.56 Å². The highest BCUT2D eigenvalue weighted by Crippen LogP contribution is 2.28. The van der Waals surface area contributed by atoms with Crippen molar-refractivity contribution in [3.8, 4) is 0 Å². The van der Waals surface area contributed by atoms with Crippen molar-refractivity contribution < 1.29 is 13.5 Å². The van der Waals surface area contributed by atoms with Crippen LogP contribution in [0.1, 0.15) is 18.9 Å². The maximum Gasteiger partial charge on any atom is 0.242 e. The normalized spacial score (nSPS) is 13.6. The van der Waals surface area contributed by atoms with Gasteiger partial charge in [0.1, 0.15) is 0 Å². The summed E-state index contributed by atoms with van der Waals surface area (Å²) < 4.78 is 27.1. The van der Waals surface area contributed by atoms with Crippen LogP contribution in [0.2, 0.25) is 5.02 Å². The lowest BCUT2D eigenvalue weighted by molar-refractivity contribution is 0.254. The molecule has 7 heteroatoms. The monoisotopic (exact) mass is 355 g/mol. The third kappa shape index (κ3) is 3.68. The Morgan fingerprint density at radius 2 is 2.11 bits per heavy atom. The van der Waals surface area contributed by atoms with Gasteiger partial charge in [0, 0.05) is 15.5 Å². The summed E-state index contributed by atoms with van der Waals surface area (Å²) in [5, 5.41) is 9.42. The van der Waals surface area contributed by atoms with Crippen LogP contribution in [0.5, 0.6) is 0 Å². The quantitative estimate of drug-likeness (QED) is 0.851. The largest absolute Gasteiger partial charge is 0.395 e. The Morgan fingerprint density at radius 1 is 1.50 bits per heavy atom. The van der Waals surface area contributed by atoms with E-state index in [1.807, 2.05) is 0 Å². The van der Waals surface area contributed by atoms with Crippen molar-refractivity contribution in [2.75, 3.05) is 6.61 Å². The third-order valence-corrected chi connectivity index (χ3v) is 5.42. The number of hydrogen-bond donors (Lipinski definition) is 2. The molecule has 0 bridgehead atoms. The Bertz CT molecular complexity index is 529. The Labute approximate surface area is 121 Å². The Balaban J connectivity index is 3.16. The third-order valence-electron chi connectivity index (χ3n) is 2.54. The van der Waals surface area contributed by atoms with Crippen LogP contribution in [0, 0.1) is 6.92 Å². The van der Waals surface area contributed by atoms with Crippen LogP contribution in [-0.4, -0.2) is 26.2 Å². The highest BCUT2D eigenvalue weighted by molar-refractivity contribution is 9.10. The van der Waals surface area contributed by atoms with Crippen LogP contribution in [-0.2, 0) is 10.0 Å². The molecule has 0 saturated carbocycles. The molecule has 1 aromatic carbocycles. The van der Waals surface area contributed by atoms with Crippen LogP contribution < -0.4 is 4.72 Å². The maximum atomic E-state index is 12.1. The first-order chi connectivity index (χ1) is 8.31. The van der Waals surface area contributed by atoms with Crippen molar-refractivity contribution >= 4 is 37.6 Å². The second-order valence-electron chi connectivity index (χ2n) is 3.94. The molecule has 0 radical (unpaired) electrons. The molecule has 1 atom stereocenters. The molecule has 0 heterocycles. The summed E-state index contributed by atoms with van der Waals surface area (Å²) in [6.45, 7) is 3.34. The molecule has 0 aliphatic carbocycles. The first-order valence-corrected chi connectivity index (χ1v) is 8.06. The fourth-order valence-corrected chi connectivity index (χ4v) is 4.09. The van der Waals surface area contributed by atoms with E-state index in [1.165, 1.54) is 6.07 Å². The van der Waals surface area contributed by atoms with E-state index in [9.17, 15) is 8.42 Å². The molecule has 0 aromatic heterocycles. The number of aliphatic hydroxyl groups is 1. The van der Waals surface area contributed by atoms with E-state index in [2.05, 4.69) is 20.7 Å². The molecule has 2 N–H and O–H groups in total. The second kappa shape index (κ2) is 6.34. The Kier molecular flexibility index (Phi) is 5.61. The van der Waals surface area contributed by atoms with E-state index in [-0.39, 0.29) is 11.5 Å². The lowest BCUT2D eigenvalue weighted by atomic mass is 10.2. The molecule has 4 nitrogen and oxygen atoms in total. The highest BCUT2D eigenvalue weighted by Gasteiger charge is 2.22. The number of benzene rings is 1. The smallest absolute Gasteiger partial charge is 0.242 e. The van der Waals surface area contributed by atoms with Crippen LogP contribution in [0.4, 0.5) is 0 Å². The molecule has 0 saturated heterocycles. The number of rotatable bonds is 5. The van der Waals surface area contributed by atoms with E-state index >= 15 is 0 Å². The molecule has 1 rings (SSSR count). The predicted octanol–water partition coefficient (Wildman–Crippen LogP) is 2.46. The minimum Gasteiger partial charge on any atom is -0.395 e. The fourth-order valence-electron chi connectivity index (χ4n) is 1.37. The summed E-state index contributed by atoms with van der Waals surface area (Å²) in [6, 6.07) is 2.55. The summed E-state index contributed by atoms with van der Waals surface area (Å²) in [4.78, 5) is 0.0741. The predicted molar refractivity (Wildman–Crippen MR) is 75.4 cm³/mol. The molecule has 1 aromatic rings. The van der Waals surface area contributed by atoms with Gasteiger partial charge >= 0.3 is 0 Å². The van der Waals surface area contributed by atoms with E-state index in [0.29, 0.717) is 15.9 Å². The number of aryl methyl sites for hydroxylation is 1.